The van der Waals surface area contributed by atoms with E-state index in [2.05, 4.69) is 15.1 Å². The Morgan fingerprint density at radius 3 is 2.38 bits per heavy atom. The topological polar surface area (TPSA) is 108 Å². The van der Waals surface area contributed by atoms with Gasteiger partial charge in [0.15, 0.2) is 5.75 Å². The smallest absolute Gasteiger partial charge is 0.150 e. The maximum atomic E-state index is 13.1. The van der Waals surface area contributed by atoms with E-state index >= 15 is 0 Å². The Morgan fingerprint density at radius 1 is 1.06 bits per heavy atom. The lowest BCUT2D eigenvalue weighted by atomic mass is 10.0. The number of halogens is 1. The Bertz CT molecular complexity index is 1100. The Kier molecular flexibility index (Phi) is 6.27. The van der Waals surface area contributed by atoms with Crippen LogP contribution in [-0.4, -0.2) is 49.3 Å². The van der Waals surface area contributed by atoms with Gasteiger partial charge in [0, 0.05) is 50.3 Å². The van der Waals surface area contributed by atoms with Crippen molar-refractivity contribution < 1.29 is 14.6 Å². The number of phenols is 1. The van der Waals surface area contributed by atoms with E-state index < -0.39 is 5.75 Å². The van der Waals surface area contributed by atoms with Gasteiger partial charge in [0.1, 0.15) is 11.5 Å². The van der Waals surface area contributed by atoms with Crippen molar-refractivity contribution >= 4 is 27.8 Å². The molecule has 1 heterocycles. The molecule has 3 aromatic rings. The summed E-state index contributed by atoms with van der Waals surface area (Å²) in [6.45, 7) is 4.25. The molecule has 3 N–H and O–H groups in total. The molecule has 0 radical (unpaired) electrons. The fourth-order valence-electron chi connectivity index (χ4n) is 4.18. The molecule has 0 amide bonds. The summed E-state index contributed by atoms with van der Waals surface area (Å²) in [5.74, 6) is -0.896. The zero-order valence-corrected chi connectivity index (χ0v) is 17.6. The second kappa shape index (κ2) is 9.27. The molecule has 0 aromatic heterocycles. The molecule has 0 saturated carbocycles. The van der Waals surface area contributed by atoms with Crippen molar-refractivity contribution in [1.82, 2.24) is 4.90 Å². The number of hydrogen-bond acceptors (Lipinski definition) is 7. The van der Waals surface area contributed by atoms with Gasteiger partial charge in [-0.3, -0.25) is 4.90 Å². The fourth-order valence-corrected chi connectivity index (χ4v) is 4.18. The number of piperazine rings is 1. The Labute approximate surface area is 185 Å². The largest absolute Gasteiger partial charge is 0.871 e. The van der Waals surface area contributed by atoms with E-state index in [0.717, 1.165) is 43.4 Å². The molecule has 0 spiro atoms. The number of nitrogen functional groups attached to an aromatic ring is 1. The molecule has 4 rings (SSSR count). The minimum absolute atomic E-state index is 0.0372. The predicted molar refractivity (Wildman–Crippen MR) is 122 cm³/mol. The van der Waals surface area contributed by atoms with E-state index in [0.29, 0.717) is 17.2 Å². The molecule has 1 saturated heterocycles. The van der Waals surface area contributed by atoms with Crippen molar-refractivity contribution in [1.29, 1.82) is 0 Å². The highest BCUT2D eigenvalue weighted by Crippen LogP contribution is 2.45. The van der Waals surface area contributed by atoms with Gasteiger partial charge in [0.2, 0.25) is 0 Å². The molecule has 0 aliphatic carbocycles. The molecule has 1 aliphatic rings. The first-order valence-electron chi connectivity index (χ1n) is 10.5. The molecule has 1 aliphatic heterocycles. The van der Waals surface area contributed by atoms with Gasteiger partial charge in [0.05, 0.1) is 11.0 Å². The van der Waals surface area contributed by atoms with Crippen LogP contribution >= 0.6 is 0 Å². The number of nitroso groups, excluding NO2 is 1. The van der Waals surface area contributed by atoms with Crippen molar-refractivity contribution in [2.45, 2.75) is 6.42 Å². The lowest BCUT2D eigenvalue weighted by molar-refractivity contribution is -0.264. The van der Waals surface area contributed by atoms with E-state index in [1.165, 1.54) is 12.1 Å². The summed E-state index contributed by atoms with van der Waals surface area (Å²) in [7, 11) is 0. The van der Waals surface area contributed by atoms with Gasteiger partial charge in [-0.1, -0.05) is 30.0 Å². The first kappa shape index (κ1) is 21.6. The molecule has 0 atom stereocenters. The van der Waals surface area contributed by atoms with Crippen LogP contribution in [0.2, 0.25) is 0 Å². The van der Waals surface area contributed by atoms with Crippen LogP contribution in [0.15, 0.2) is 53.8 Å². The molecule has 32 heavy (non-hydrogen) atoms. The molecular weight excluding hydrogens is 413 g/mol. The second-order valence-corrected chi connectivity index (χ2v) is 7.85. The minimum Gasteiger partial charge on any atom is -0.871 e. The van der Waals surface area contributed by atoms with E-state index in [1.54, 1.807) is 36.4 Å². The Morgan fingerprint density at radius 2 is 1.72 bits per heavy atom. The summed E-state index contributed by atoms with van der Waals surface area (Å²) in [5, 5.41) is 28.0. The lowest BCUT2D eigenvalue weighted by Crippen LogP contribution is -2.47. The number of benzene rings is 3. The molecule has 0 unspecified atom stereocenters. The van der Waals surface area contributed by atoms with Crippen molar-refractivity contribution in [3.05, 3.63) is 59.3 Å². The average Bonchev–Trinajstić information content (AvgIpc) is 2.82. The van der Waals surface area contributed by atoms with Gasteiger partial charge in [0.25, 0.3) is 0 Å². The average molecular weight is 438 g/mol. The highest BCUT2D eigenvalue weighted by Gasteiger charge is 2.21. The number of aromatic hydroxyl groups is 1. The van der Waals surface area contributed by atoms with Crippen molar-refractivity contribution in [3.8, 4) is 11.5 Å². The molecule has 168 valence electrons. The summed E-state index contributed by atoms with van der Waals surface area (Å²) >= 11 is 0. The zero-order valence-electron chi connectivity index (χ0n) is 17.6. The monoisotopic (exact) mass is 438 g/mol. The number of rotatable bonds is 7. The van der Waals surface area contributed by atoms with Gasteiger partial charge < -0.3 is 20.8 Å². The third kappa shape index (κ3) is 4.24. The third-order valence-corrected chi connectivity index (χ3v) is 5.92. The lowest BCUT2D eigenvalue weighted by Gasteiger charge is -2.36. The first-order chi connectivity index (χ1) is 15.5. The standard InChI is InChI=1S/C23H26FN5O3/c24-16-6-8-17(9-7-16)28-14-12-27(13-15-28)10-3-11-29(26-32)21-20(25)22(30)18-4-1-2-5-19(18)23(21)31/h1-2,4-9,30-31H,3,10-15,25H2/p-1. The van der Waals surface area contributed by atoms with Gasteiger partial charge in [-0.05, 0) is 36.1 Å². The van der Waals surface area contributed by atoms with Crippen LogP contribution in [0.25, 0.3) is 10.8 Å². The van der Waals surface area contributed by atoms with E-state index in [4.69, 9.17) is 5.73 Å². The van der Waals surface area contributed by atoms with Crippen LogP contribution in [0.3, 0.4) is 0 Å². The first-order valence-corrected chi connectivity index (χ1v) is 10.5. The number of nitrogens with zero attached hydrogens (tertiary/aromatic N) is 4. The Hall–Kier alpha value is -3.59. The van der Waals surface area contributed by atoms with E-state index in [-0.39, 0.29) is 29.5 Å². The highest BCUT2D eigenvalue weighted by atomic mass is 19.1. The van der Waals surface area contributed by atoms with Crippen LogP contribution in [0.5, 0.6) is 11.5 Å². The maximum Gasteiger partial charge on any atom is 0.150 e. The molecule has 0 bridgehead atoms. The summed E-state index contributed by atoms with van der Waals surface area (Å²) in [6.07, 6.45) is 0.599. The van der Waals surface area contributed by atoms with Gasteiger partial charge in [-0.2, -0.15) is 0 Å². The Balaban J connectivity index is 1.37. The molecule has 3 aromatic carbocycles. The summed E-state index contributed by atoms with van der Waals surface area (Å²) in [6, 6.07) is 13.1. The normalized spacial score (nSPS) is 14.6. The summed E-state index contributed by atoms with van der Waals surface area (Å²) in [4.78, 5) is 16.0. The molecule has 8 nitrogen and oxygen atoms in total. The van der Waals surface area contributed by atoms with Crippen LogP contribution in [0, 0.1) is 10.7 Å². The summed E-state index contributed by atoms with van der Waals surface area (Å²) in [5.41, 5.74) is 6.74. The third-order valence-electron chi connectivity index (χ3n) is 5.92. The summed E-state index contributed by atoms with van der Waals surface area (Å²) < 4.78 is 13.1. The molecular formula is C23H25FN5O3-. The van der Waals surface area contributed by atoms with E-state index in [9.17, 15) is 19.5 Å². The van der Waals surface area contributed by atoms with Gasteiger partial charge in [-0.15, -0.1) is 4.91 Å². The number of anilines is 3. The fraction of sp³-hybridized carbons (Fsp3) is 0.304. The number of phenolic OH excluding ortho intramolecular Hbond substituents is 1. The van der Waals surface area contributed by atoms with Crippen LogP contribution < -0.4 is 20.7 Å². The minimum atomic E-state index is -0.432. The van der Waals surface area contributed by atoms with Crippen LogP contribution in [0.1, 0.15) is 6.42 Å². The van der Waals surface area contributed by atoms with Crippen molar-refractivity contribution in [2.75, 3.05) is 54.9 Å². The highest BCUT2D eigenvalue weighted by molar-refractivity contribution is 6.03. The number of nitrogens with two attached hydrogens (primary N) is 1. The molecule has 9 heteroatoms. The molecule has 1 fully saturated rings. The van der Waals surface area contributed by atoms with Gasteiger partial charge >= 0.3 is 0 Å². The van der Waals surface area contributed by atoms with Crippen molar-refractivity contribution in [2.24, 2.45) is 5.29 Å². The predicted octanol–water partition coefficient (Wildman–Crippen LogP) is 3.04. The number of fused-ring (bicyclic) bond motifs is 1. The van der Waals surface area contributed by atoms with Gasteiger partial charge in [-0.25, -0.2) is 9.40 Å². The van der Waals surface area contributed by atoms with E-state index in [1.807, 2.05) is 0 Å². The zero-order chi connectivity index (χ0) is 22.7. The van der Waals surface area contributed by atoms with Crippen molar-refractivity contribution in [3.63, 3.8) is 0 Å². The van der Waals surface area contributed by atoms with Crippen LogP contribution in [-0.2, 0) is 0 Å². The maximum absolute atomic E-state index is 13.1. The van der Waals surface area contributed by atoms with Crippen LogP contribution in [0.4, 0.5) is 21.5 Å². The second-order valence-electron chi connectivity index (χ2n) is 7.85. The SMILES string of the molecule is Nc1c(N(CCCN2CCN(c3ccc(F)cc3)CC2)N=O)c(O)c2ccccc2c1[O-]. The number of hydrogen-bond donors (Lipinski definition) is 2. The quantitative estimate of drug-likeness (QED) is 0.332.